The van der Waals surface area contributed by atoms with Gasteiger partial charge in [-0.25, -0.2) is 4.98 Å². The van der Waals surface area contributed by atoms with E-state index in [1.807, 2.05) is 12.1 Å². The Kier molecular flexibility index (Phi) is 3.71. The minimum Gasteiger partial charge on any atom is -0.307 e. The summed E-state index contributed by atoms with van der Waals surface area (Å²) in [5.74, 6) is 0.247. The largest absolute Gasteiger partial charge is 0.307 e. The monoisotopic (exact) mass is 355 g/mol. The fourth-order valence-electron chi connectivity index (χ4n) is 1.15. The van der Waals surface area contributed by atoms with Gasteiger partial charge >= 0.3 is 0 Å². The number of anilines is 1. The van der Waals surface area contributed by atoms with E-state index in [1.54, 1.807) is 17.5 Å². The maximum absolute atomic E-state index is 11.8. The molecule has 0 aromatic carbocycles. The Bertz CT molecular complexity index is 586. The van der Waals surface area contributed by atoms with E-state index in [-0.39, 0.29) is 5.91 Å². The van der Waals surface area contributed by atoms with Crippen LogP contribution >= 0.6 is 33.9 Å². The summed E-state index contributed by atoms with van der Waals surface area (Å²) in [5.41, 5.74) is 1.08. The molecule has 84 valence electrons. The minimum absolute atomic E-state index is 0.193. The summed E-state index contributed by atoms with van der Waals surface area (Å²) >= 11 is 3.67. The van der Waals surface area contributed by atoms with Crippen LogP contribution in [0.25, 0.3) is 0 Å². The molecule has 1 N–H and O–H groups in total. The lowest BCUT2D eigenvalue weighted by molar-refractivity contribution is 0.102. The van der Waals surface area contributed by atoms with E-state index in [2.05, 4.69) is 32.9 Å². The van der Waals surface area contributed by atoms with Gasteiger partial charge in [0.05, 0.1) is 14.0 Å². The predicted octanol–water partition coefficient (Wildman–Crippen LogP) is 2.87. The molecule has 0 atom stereocenters. The van der Waals surface area contributed by atoms with Gasteiger partial charge < -0.3 is 5.32 Å². The van der Waals surface area contributed by atoms with E-state index >= 15 is 0 Å². The van der Waals surface area contributed by atoms with Crippen molar-refractivity contribution in [1.29, 1.82) is 5.26 Å². The van der Waals surface area contributed by atoms with E-state index in [9.17, 15) is 4.79 Å². The predicted molar refractivity (Wildman–Crippen MR) is 73.9 cm³/mol. The Morgan fingerprint density at radius 3 is 2.88 bits per heavy atom. The first-order valence-electron chi connectivity index (χ1n) is 4.60. The number of thiophene rings is 1. The molecule has 0 fully saturated rings. The number of rotatable bonds is 2. The number of pyridine rings is 1. The van der Waals surface area contributed by atoms with Gasteiger partial charge in [-0.05, 0) is 40.8 Å². The summed E-state index contributed by atoms with van der Waals surface area (Å²) in [7, 11) is 0. The van der Waals surface area contributed by atoms with Crippen molar-refractivity contribution in [3.8, 4) is 6.07 Å². The zero-order valence-electron chi connectivity index (χ0n) is 8.48. The second kappa shape index (κ2) is 5.25. The maximum atomic E-state index is 11.8. The number of hydrogen-bond donors (Lipinski definition) is 1. The Morgan fingerprint density at radius 2 is 2.35 bits per heavy atom. The summed E-state index contributed by atoms with van der Waals surface area (Å²) in [5, 5.41) is 13.1. The van der Waals surface area contributed by atoms with Crippen LogP contribution in [-0.2, 0) is 0 Å². The molecule has 0 saturated carbocycles. The number of halogens is 1. The number of hydrogen-bond acceptors (Lipinski definition) is 4. The normalized spacial score (nSPS) is 9.65. The summed E-state index contributed by atoms with van der Waals surface area (Å²) < 4.78 is 1.06. The molecule has 0 bridgehead atoms. The third-order valence-electron chi connectivity index (χ3n) is 1.96. The summed E-state index contributed by atoms with van der Waals surface area (Å²) in [4.78, 5) is 15.7. The summed E-state index contributed by atoms with van der Waals surface area (Å²) in [6.45, 7) is 0. The van der Waals surface area contributed by atoms with Gasteiger partial charge in [0.15, 0.2) is 0 Å². The molecule has 0 radical (unpaired) electrons. The lowest BCUT2D eigenvalue weighted by atomic mass is 10.3. The zero-order valence-corrected chi connectivity index (χ0v) is 11.4. The van der Waals surface area contributed by atoms with Gasteiger partial charge in [0.1, 0.15) is 11.9 Å². The molecule has 6 heteroatoms. The van der Waals surface area contributed by atoms with Crippen LogP contribution < -0.4 is 5.32 Å². The van der Waals surface area contributed by atoms with Gasteiger partial charge in [0.25, 0.3) is 5.91 Å². The van der Waals surface area contributed by atoms with Crippen LogP contribution in [0.1, 0.15) is 15.9 Å². The van der Waals surface area contributed by atoms with Crippen molar-refractivity contribution in [3.05, 3.63) is 43.8 Å². The second-order valence-electron chi connectivity index (χ2n) is 3.14. The summed E-state index contributed by atoms with van der Waals surface area (Å²) in [6, 6.07) is 6.99. The maximum Gasteiger partial charge on any atom is 0.257 e. The van der Waals surface area contributed by atoms with Crippen LogP contribution in [0.3, 0.4) is 0 Å². The molecule has 0 aliphatic rings. The molecule has 0 unspecified atom stereocenters. The Hall–Kier alpha value is -1.46. The molecule has 4 nitrogen and oxygen atoms in total. The molecule has 2 aromatic heterocycles. The smallest absolute Gasteiger partial charge is 0.257 e. The van der Waals surface area contributed by atoms with Crippen molar-refractivity contribution in [3.63, 3.8) is 0 Å². The van der Waals surface area contributed by atoms with Crippen LogP contribution in [-0.4, -0.2) is 10.9 Å². The standard InChI is InChI=1S/C11H6IN3OS/c12-9-3-8(6-17-9)11(16)15-10-2-1-7(4-13)5-14-10/h1-3,5-6H,(H,14,15,16). The van der Waals surface area contributed by atoms with E-state index in [1.165, 1.54) is 17.5 Å². The molecule has 0 aliphatic carbocycles. The molecule has 0 spiro atoms. The van der Waals surface area contributed by atoms with Crippen LogP contribution in [0.5, 0.6) is 0 Å². The average molecular weight is 355 g/mol. The van der Waals surface area contributed by atoms with Crippen molar-refractivity contribution in [2.45, 2.75) is 0 Å². The molecular formula is C11H6IN3OS. The molecular weight excluding hydrogens is 349 g/mol. The first kappa shape index (κ1) is 12.0. The summed E-state index contributed by atoms with van der Waals surface area (Å²) in [6.07, 6.45) is 1.42. The molecule has 2 aromatic rings. The third kappa shape index (κ3) is 3.01. The van der Waals surface area contributed by atoms with Gasteiger partial charge in [0.2, 0.25) is 0 Å². The van der Waals surface area contributed by atoms with Crippen molar-refractivity contribution in [2.75, 3.05) is 5.32 Å². The lowest BCUT2D eigenvalue weighted by Crippen LogP contribution is -2.11. The third-order valence-corrected chi connectivity index (χ3v) is 3.75. The fraction of sp³-hybridized carbons (Fsp3) is 0. The second-order valence-corrected chi connectivity index (χ2v) is 5.94. The molecule has 2 heterocycles. The molecule has 0 aliphatic heterocycles. The van der Waals surface area contributed by atoms with E-state index in [0.29, 0.717) is 16.9 Å². The van der Waals surface area contributed by atoms with E-state index in [0.717, 1.165) is 2.88 Å². The van der Waals surface area contributed by atoms with Crippen LogP contribution in [0.4, 0.5) is 5.82 Å². The highest BCUT2D eigenvalue weighted by Gasteiger charge is 2.08. The van der Waals surface area contributed by atoms with Gasteiger partial charge in [-0.15, -0.1) is 11.3 Å². The highest BCUT2D eigenvalue weighted by molar-refractivity contribution is 14.1. The van der Waals surface area contributed by atoms with Gasteiger partial charge in [-0.1, -0.05) is 0 Å². The zero-order chi connectivity index (χ0) is 12.3. The first-order chi connectivity index (χ1) is 8.19. The van der Waals surface area contributed by atoms with Gasteiger partial charge in [0, 0.05) is 11.6 Å². The number of carbonyl (C=O) groups excluding carboxylic acids is 1. The van der Waals surface area contributed by atoms with Crippen molar-refractivity contribution < 1.29 is 4.79 Å². The van der Waals surface area contributed by atoms with E-state index < -0.39 is 0 Å². The first-order valence-corrected chi connectivity index (χ1v) is 6.56. The van der Waals surface area contributed by atoms with Crippen LogP contribution in [0.2, 0.25) is 0 Å². The van der Waals surface area contributed by atoms with Gasteiger partial charge in [-0.2, -0.15) is 5.26 Å². The van der Waals surface area contributed by atoms with Crippen molar-refractivity contribution in [1.82, 2.24) is 4.98 Å². The number of nitriles is 1. The number of nitrogens with one attached hydrogen (secondary N) is 1. The SMILES string of the molecule is N#Cc1ccc(NC(=O)c2csc(I)c2)nc1. The number of nitrogens with zero attached hydrogens (tertiary/aromatic N) is 2. The molecule has 2 rings (SSSR count). The molecule has 0 saturated heterocycles. The number of aromatic nitrogens is 1. The Labute approximate surface area is 115 Å². The highest BCUT2D eigenvalue weighted by Crippen LogP contribution is 2.17. The number of carbonyl (C=O) groups is 1. The fourth-order valence-corrected chi connectivity index (χ4v) is 2.48. The topological polar surface area (TPSA) is 65.8 Å². The Morgan fingerprint density at radius 1 is 1.53 bits per heavy atom. The lowest BCUT2D eigenvalue weighted by Gasteiger charge is -2.01. The Balaban J connectivity index is 2.11. The van der Waals surface area contributed by atoms with E-state index in [4.69, 9.17) is 5.26 Å². The van der Waals surface area contributed by atoms with Crippen molar-refractivity contribution in [2.24, 2.45) is 0 Å². The quantitative estimate of drug-likeness (QED) is 0.843. The van der Waals surface area contributed by atoms with Crippen LogP contribution in [0, 0.1) is 14.2 Å². The van der Waals surface area contributed by atoms with Gasteiger partial charge in [-0.3, -0.25) is 4.79 Å². The minimum atomic E-state index is -0.193. The van der Waals surface area contributed by atoms with Crippen LogP contribution in [0.15, 0.2) is 29.8 Å². The molecule has 17 heavy (non-hydrogen) atoms. The molecule has 1 amide bonds. The number of amides is 1. The highest BCUT2D eigenvalue weighted by atomic mass is 127. The van der Waals surface area contributed by atoms with Crippen molar-refractivity contribution >= 4 is 45.7 Å². The average Bonchev–Trinajstić information content (AvgIpc) is 2.77.